The highest BCUT2D eigenvalue weighted by Crippen LogP contribution is 2.19. The second kappa shape index (κ2) is 4.40. The van der Waals surface area contributed by atoms with Crippen LogP contribution in [0.5, 0.6) is 0 Å². The first-order valence-electron chi connectivity index (χ1n) is 5.65. The molecule has 1 aliphatic rings. The first-order valence-corrected chi connectivity index (χ1v) is 7.09. The van der Waals surface area contributed by atoms with E-state index < -0.39 is 10.0 Å². The predicted octanol–water partition coefficient (Wildman–Crippen LogP) is -0.289. The van der Waals surface area contributed by atoms with Gasteiger partial charge in [0, 0.05) is 32.7 Å². The quantitative estimate of drug-likeness (QED) is 0.791. The van der Waals surface area contributed by atoms with Crippen LogP contribution in [0.4, 0.5) is 0 Å². The van der Waals surface area contributed by atoms with Gasteiger partial charge in [-0.05, 0) is 13.8 Å². The number of sulfonamides is 1. The minimum atomic E-state index is -3.39. The number of rotatable bonds is 2. The topological polar surface area (TPSA) is 67.2 Å². The van der Waals surface area contributed by atoms with Gasteiger partial charge in [-0.25, -0.2) is 8.42 Å². The molecule has 2 heterocycles. The van der Waals surface area contributed by atoms with E-state index in [2.05, 4.69) is 10.4 Å². The lowest BCUT2D eigenvalue weighted by atomic mass is 10.3. The highest BCUT2D eigenvalue weighted by molar-refractivity contribution is 7.89. The smallest absolute Gasteiger partial charge is 0.246 e. The maximum Gasteiger partial charge on any atom is 0.246 e. The molecule has 2 rings (SSSR count). The van der Waals surface area contributed by atoms with Crippen molar-refractivity contribution in [1.82, 2.24) is 19.4 Å². The fourth-order valence-electron chi connectivity index (χ4n) is 1.99. The summed E-state index contributed by atoms with van der Waals surface area (Å²) in [6, 6.07) is 0.190. The highest BCUT2D eigenvalue weighted by Gasteiger charge is 2.30. The monoisotopic (exact) mass is 258 g/mol. The van der Waals surface area contributed by atoms with Crippen LogP contribution in [0.3, 0.4) is 0 Å². The van der Waals surface area contributed by atoms with Crippen molar-refractivity contribution in [3.63, 3.8) is 0 Å². The van der Waals surface area contributed by atoms with Crippen molar-refractivity contribution in [2.45, 2.75) is 24.8 Å². The van der Waals surface area contributed by atoms with Gasteiger partial charge >= 0.3 is 0 Å². The van der Waals surface area contributed by atoms with Gasteiger partial charge in [0.25, 0.3) is 0 Å². The van der Waals surface area contributed by atoms with Crippen LogP contribution in [0.2, 0.25) is 0 Å². The molecule has 17 heavy (non-hydrogen) atoms. The van der Waals surface area contributed by atoms with E-state index in [-0.39, 0.29) is 6.04 Å². The maximum absolute atomic E-state index is 12.4. The molecule has 0 bridgehead atoms. The first kappa shape index (κ1) is 12.5. The molecule has 1 saturated heterocycles. The molecular formula is C10H18N4O2S. The number of aryl methyl sites for hydroxylation is 1. The Labute approximate surface area is 102 Å². The summed E-state index contributed by atoms with van der Waals surface area (Å²) in [6.45, 7) is 5.47. The fourth-order valence-corrected chi connectivity index (χ4v) is 3.70. The lowest BCUT2D eigenvalue weighted by Gasteiger charge is -2.30. The largest absolute Gasteiger partial charge is 0.312 e. The van der Waals surface area contributed by atoms with E-state index in [1.54, 1.807) is 18.7 Å². The summed E-state index contributed by atoms with van der Waals surface area (Å²) >= 11 is 0. The summed E-state index contributed by atoms with van der Waals surface area (Å²) in [5.41, 5.74) is 0.677. The molecule has 0 saturated carbocycles. The summed E-state index contributed by atoms with van der Waals surface area (Å²) in [5, 5.41) is 7.22. The zero-order valence-corrected chi connectivity index (χ0v) is 11.2. The molecule has 0 aromatic carbocycles. The molecule has 0 radical (unpaired) electrons. The van der Waals surface area contributed by atoms with Gasteiger partial charge in [0.05, 0.1) is 11.9 Å². The van der Waals surface area contributed by atoms with Crippen LogP contribution in [0.15, 0.2) is 11.1 Å². The van der Waals surface area contributed by atoms with E-state index in [1.165, 1.54) is 10.5 Å². The third-order valence-corrected chi connectivity index (χ3v) is 5.11. The molecule has 1 aromatic rings. The average Bonchev–Trinajstić information content (AvgIpc) is 2.60. The van der Waals surface area contributed by atoms with Crippen molar-refractivity contribution in [2.24, 2.45) is 7.05 Å². The van der Waals surface area contributed by atoms with Crippen molar-refractivity contribution in [3.8, 4) is 0 Å². The summed E-state index contributed by atoms with van der Waals surface area (Å²) in [5.74, 6) is 0. The van der Waals surface area contributed by atoms with Gasteiger partial charge in [-0.1, -0.05) is 0 Å². The number of nitrogens with zero attached hydrogens (tertiary/aromatic N) is 3. The van der Waals surface area contributed by atoms with Gasteiger partial charge in [0.1, 0.15) is 4.90 Å². The van der Waals surface area contributed by atoms with E-state index in [0.717, 1.165) is 0 Å². The Kier molecular flexibility index (Phi) is 3.24. The number of hydrogen-bond acceptors (Lipinski definition) is 4. The van der Waals surface area contributed by atoms with Gasteiger partial charge in [-0.15, -0.1) is 0 Å². The van der Waals surface area contributed by atoms with Crippen molar-refractivity contribution < 1.29 is 8.42 Å². The molecule has 1 N–H and O–H groups in total. The number of nitrogens with one attached hydrogen (secondary N) is 1. The standard InChI is InChI=1S/C10H18N4O2S/c1-8-7-14(5-4-11-8)17(15,16)10-6-12-13(3)9(10)2/h6,8,11H,4-5,7H2,1-3H3/t8-/m0/s1. The lowest BCUT2D eigenvalue weighted by molar-refractivity contribution is 0.310. The molecule has 1 aliphatic heterocycles. The Hall–Kier alpha value is -0.920. The third kappa shape index (κ3) is 2.22. The van der Waals surface area contributed by atoms with Gasteiger partial charge < -0.3 is 5.32 Å². The SMILES string of the molecule is Cc1c(S(=O)(=O)N2CCN[C@@H](C)C2)cnn1C. The average molecular weight is 258 g/mol. The number of aromatic nitrogens is 2. The van der Waals surface area contributed by atoms with Crippen LogP contribution in [0.25, 0.3) is 0 Å². The molecule has 1 aromatic heterocycles. The van der Waals surface area contributed by atoms with Crippen LogP contribution in [0, 0.1) is 6.92 Å². The molecule has 1 fully saturated rings. The van der Waals surface area contributed by atoms with Crippen LogP contribution in [-0.2, 0) is 17.1 Å². The molecule has 6 nitrogen and oxygen atoms in total. The summed E-state index contributed by atoms with van der Waals surface area (Å²) in [4.78, 5) is 0.314. The van der Waals surface area contributed by atoms with Crippen molar-refractivity contribution in [1.29, 1.82) is 0 Å². The van der Waals surface area contributed by atoms with Crippen LogP contribution in [0.1, 0.15) is 12.6 Å². The number of piperazine rings is 1. The molecule has 96 valence electrons. The molecule has 7 heteroatoms. The minimum absolute atomic E-state index is 0.190. The minimum Gasteiger partial charge on any atom is -0.312 e. The van der Waals surface area contributed by atoms with Crippen molar-refractivity contribution in [2.75, 3.05) is 19.6 Å². The Morgan fingerprint density at radius 2 is 2.24 bits per heavy atom. The van der Waals surface area contributed by atoms with Gasteiger partial charge in [0.2, 0.25) is 10.0 Å². The highest BCUT2D eigenvalue weighted by atomic mass is 32.2. The van der Waals surface area contributed by atoms with Crippen molar-refractivity contribution >= 4 is 10.0 Å². The molecule has 0 aliphatic carbocycles. The van der Waals surface area contributed by atoms with Crippen LogP contribution < -0.4 is 5.32 Å². The molecule has 1 atom stereocenters. The molecule has 0 spiro atoms. The van der Waals surface area contributed by atoms with Crippen LogP contribution in [-0.4, -0.2) is 48.2 Å². The maximum atomic E-state index is 12.4. The fraction of sp³-hybridized carbons (Fsp3) is 0.700. The summed E-state index contributed by atoms with van der Waals surface area (Å²) in [7, 11) is -1.65. The van der Waals surface area contributed by atoms with E-state index in [9.17, 15) is 8.42 Å². The Morgan fingerprint density at radius 3 is 2.76 bits per heavy atom. The molecular weight excluding hydrogens is 240 g/mol. The molecule has 0 amide bonds. The predicted molar refractivity (Wildman–Crippen MR) is 64.2 cm³/mol. The lowest BCUT2D eigenvalue weighted by Crippen LogP contribution is -2.51. The van der Waals surface area contributed by atoms with Gasteiger partial charge in [0.15, 0.2) is 0 Å². The van der Waals surface area contributed by atoms with E-state index in [0.29, 0.717) is 30.2 Å². The zero-order chi connectivity index (χ0) is 12.6. The van der Waals surface area contributed by atoms with Crippen LogP contribution >= 0.6 is 0 Å². The summed E-state index contributed by atoms with van der Waals surface area (Å²) < 4.78 is 27.9. The Balaban J connectivity index is 2.33. The zero-order valence-electron chi connectivity index (χ0n) is 10.3. The first-order chi connectivity index (χ1) is 7.93. The second-order valence-electron chi connectivity index (χ2n) is 4.44. The Morgan fingerprint density at radius 1 is 1.53 bits per heavy atom. The van der Waals surface area contributed by atoms with Crippen molar-refractivity contribution in [3.05, 3.63) is 11.9 Å². The van der Waals surface area contributed by atoms with E-state index in [4.69, 9.17) is 0 Å². The van der Waals surface area contributed by atoms with E-state index >= 15 is 0 Å². The molecule has 0 unspecified atom stereocenters. The number of hydrogen-bond donors (Lipinski definition) is 1. The van der Waals surface area contributed by atoms with Gasteiger partial charge in [-0.2, -0.15) is 9.40 Å². The normalized spacial score (nSPS) is 22.9. The Bertz CT molecular complexity index is 508. The third-order valence-electron chi connectivity index (χ3n) is 3.14. The van der Waals surface area contributed by atoms with E-state index in [1.807, 2.05) is 6.92 Å². The summed E-state index contributed by atoms with van der Waals surface area (Å²) in [6.07, 6.45) is 1.43. The second-order valence-corrected chi connectivity index (χ2v) is 6.34. The van der Waals surface area contributed by atoms with Gasteiger partial charge in [-0.3, -0.25) is 4.68 Å².